The minimum absolute atomic E-state index is 0.0498. The van der Waals surface area contributed by atoms with Crippen molar-refractivity contribution >= 4 is 17.2 Å². The van der Waals surface area contributed by atoms with Crippen LogP contribution in [-0.4, -0.2) is 43.2 Å². The topological polar surface area (TPSA) is 50.8 Å². The van der Waals surface area contributed by atoms with Crippen molar-refractivity contribution < 1.29 is 14.3 Å². The first-order valence-corrected chi connectivity index (χ1v) is 11.9. The highest BCUT2D eigenvalue weighted by Crippen LogP contribution is 2.30. The molecule has 0 radical (unpaired) electrons. The van der Waals surface area contributed by atoms with Crippen molar-refractivity contribution in [2.24, 2.45) is 0 Å². The number of carbonyl (C=O) groups excluding carboxylic acids is 1. The van der Waals surface area contributed by atoms with Gasteiger partial charge in [-0.1, -0.05) is 18.9 Å². The fourth-order valence-electron chi connectivity index (χ4n) is 4.61. The van der Waals surface area contributed by atoms with Gasteiger partial charge in [0.1, 0.15) is 17.6 Å². The Morgan fingerprint density at radius 2 is 1.93 bits per heavy atom. The van der Waals surface area contributed by atoms with Crippen LogP contribution in [0.5, 0.6) is 11.5 Å². The molecule has 1 saturated carbocycles. The molecule has 4 rings (SSSR count). The van der Waals surface area contributed by atoms with E-state index in [0.717, 1.165) is 36.9 Å². The zero-order chi connectivity index (χ0) is 20.9. The SMILES string of the molecule is COc1ccc(OC2CCN(C3CCCC3)CC2)c(C(=O)N[C@H](C)c2cccs2)c1. The van der Waals surface area contributed by atoms with Gasteiger partial charge in [0.05, 0.1) is 18.7 Å². The predicted octanol–water partition coefficient (Wildman–Crippen LogP) is 5.03. The van der Waals surface area contributed by atoms with Gasteiger partial charge < -0.3 is 19.7 Å². The third kappa shape index (κ3) is 4.98. The van der Waals surface area contributed by atoms with Crippen LogP contribution in [0.15, 0.2) is 35.7 Å². The molecule has 1 saturated heterocycles. The van der Waals surface area contributed by atoms with Gasteiger partial charge in [0.15, 0.2) is 0 Å². The molecule has 162 valence electrons. The Bertz CT molecular complexity index is 825. The Morgan fingerprint density at radius 3 is 2.60 bits per heavy atom. The molecular formula is C24H32N2O3S. The Morgan fingerprint density at radius 1 is 1.17 bits per heavy atom. The number of ether oxygens (including phenoxy) is 2. The first-order chi connectivity index (χ1) is 14.6. The Balaban J connectivity index is 1.42. The third-order valence-electron chi connectivity index (χ3n) is 6.36. The molecule has 1 aromatic heterocycles. The highest BCUT2D eigenvalue weighted by atomic mass is 32.1. The zero-order valence-corrected chi connectivity index (χ0v) is 18.7. The van der Waals surface area contributed by atoms with E-state index in [0.29, 0.717) is 17.1 Å². The van der Waals surface area contributed by atoms with Gasteiger partial charge in [0.2, 0.25) is 0 Å². The van der Waals surface area contributed by atoms with E-state index in [4.69, 9.17) is 9.47 Å². The summed E-state index contributed by atoms with van der Waals surface area (Å²) in [5.41, 5.74) is 0.538. The summed E-state index contributed by atoms with van der Waals surface area (Å²) in [5.74, 6) is 1.17. The fourth-order valence-corrected chi connectivity index (χ4v) is 5.34. The lowest BCUT2D eigenvalue weighted by atomic mass is 10.0. The molecule has 2 aromatic rings. The lowest BCUT2D eigenvalue weighted by Gasteiger charge is -2.36. The average molecular weight is 429 g/mol. The molecular weight excluding hydrogens is 396 g/mol. The van der Waals surface area contributed by atoms with Crippen LogP contribution in [0, 0.1) is 0 Å². The van der Waals surface area contributed by atoms with Crippen LogP contribution in [0.1, 0.15) is 66.7 Å². The molecule has 1 N–H and O–H groups in total. The number of carbonyl (C=O) groups is 1. The van der Waals surface area contributed by atoms with E-state index in [-0.39, 0.29) is 18.1 Å². The second-order valence-corrected chi connectivity index (χ2v) is 9.34. The van der Waals surface area contributed by atoms with Crippen LogP contribution >= 0.6 is 11.3 Å². The van der Waals surface area contributed by atoms with E-state index in [2.05, 4.69) is 10.2 Å². The normalized spacial score (nSPS) is 19.5. The van der Waals surface area contributed by atoms with Crippen molar-refractivity contribution in [1.82, 2.24) is 10.2 Å². The number of rotatable bonds is 7. The Labute approximate surface area is 183 Å². The molecule has 5 nitrogen and oxygen atoms in total. The van der Waals surface area contributed by atoms with Crippen molar-refractivity contribution in [2.45, 2.75) is 63.6 Å². The van der Waals surface area contributed by atoms with Gasteiger partial charge in [-0.05, 0) is 62.3 Å². The molecule has 1 amide bonds. The van der Waals surface area contributed by atoms with Gasteiger partial charge in [-0.15, -0.1) is 11.3 Å². The van der Waals surface area contributed by atoms with Crippen LogP contribution in [0.25, 0.3) is 0 Å². The number of methoxy groups -OCH3 is 1. The zero-order valence-electron chi connectivity index (χ0n) is 17.9. The third-order valence-corrected chi connectivity index (χ3v) is 7.42. The van der Waals surface area contributed by atoms with Gasteiger partial charge in [-0.2, -0.15) is 0 Å². The van der Waals surface area contributed by atoms with E-state index >= 15 is 0 Å². The first-order valence-electron chi connectivity index (χ1n) is 11.1. The number of amides is 1. The Kier molecular flexibility index (Phi) is 6.95. The lowest BCUT2D eigenvalue weighted by Crippen LogP contribution is -2.43. The average Bonchev–Trinajstić information content (AvgIpc) is 3.49. The summed E-state index contributed by atoms with van der Waals surface area (Å²) in [6.07, 6.45) is 7.60. The molecule has 2 aliphatic rings. The summed E-state index contributed by atoms with van der Waals surface area (Å²) in [4.78, 5) is 16.8. The van der Waals surface area contributed by atoms with Crippen LogP contribution in [-0.2, 0) is 0 Å². The molecule has 6 heteroatoms. The van der Waals surface area contributed by atoms with E-state index in [1.54, 1.807) is 24.5 Å². The number of benzene rings is 1. The molecule has 2 fully saturated rings. The van der Waals surface area contributed by atoms with Crippen LogP contribution < -0.4 is 14.8 Å². The minimum atomic E-state index is -0.131. The van der Waals surface area contributed by atoms with Gasteiger partial charge in [0, 0.05) is 24.0 Å². The van der Waals surface area contributed by atoms with Crippen molar-refractivity contribution in [3.05, 3.63) is 46.2 Å². The smallest absolute Gasteiger partial charge is 0.255 e. The maximum absolute atomic E-state index is 13.1. The van der Waals surface area contributed by atoms with Crippen LogP contribution in [0.2, 0.25) is 0 Å². The summed E-state index contributed by atoms with van der Waals surface area (Å²) in [6.45, 7) is 4.17. The Hall–Kier alpha value is -2.05. The number of hydrogen-bond donors (Lipinski definition) is 1. The van der Waals surface area contributed by atoms with Crippen LogP contribution in [0.4, 0.5) is 0 Å². The molecule has 1 aromatic carbocycles. The van der Waals surface area contributed by atoms with Crippen LogP contribution in [0.3, 0.4) is 0 Å². The maximum atomic E-state index is 13.1. The van der Waals surface area contributed by atoms with E-state index < -0.39 is 0 Å². The first kappa shape index (κ1) is 21.2. The van der Waals surface area contributed by atoms with Crippen molar-refractivity contribution in [2.75, 3.05) is 20.2 Å². The van der Waals surface area contributed by atoms with Gasteiger partial charge >= 0.3 is 0 Å². The van der Waals surface area contributed by atoms with Crippen molar-refractivity contribution in [1.29, 1.82) is 0 Å². The molecule has 0 spiro atoms. The fraction of sp³-hybridized carbons (Fsp3) is 0.542. The van der Waals surface area contributed by atoms with Gasteiger partial charge in [-0.25, -0.2) is 0 Å². The highest BCUT2D eigenvalue weighted by Gasteiger charge is 2.28. The van der Waals surface area contributed by atoms with Gasteiger partial charge in [-0.3, -0.25) is 4.79 Å². The second kappa shape index (κ2) is 9.84. The second-order valence-electron chi connectivity index (χ2n) is 8.36. The van der Waals surface area contributed by atoms with Gasteiger partial charge in [0.25, 0.3) is 5.91 Å². The number of likely N-dealkylation sites (tertiary alicyclic amines) is 1. The molecule has 1 atom stereocenters. The largest absolute Gasteiger partial charge is 0.497 e. The van der Waals surface area contributed by atoms with E-state index in [9.17, 15) is 4.79 Å². The molecule has 1 aliphatic heterocycles. The monoisotopic (exact) mass is 428 g/mol. The van der Waals surface area contributed by atoms with Crippen molar-refractivity contribution in [3.8, 4) is 11.5 Å². The lowest BCUT2D eigenvalue weighted by molar-refractivity contribution is 0.0748. The quantitative estimate of drug-likeness (QED) is 0.672. The van der Waals surface area contributed by atoms with Crippen molar-refractivity contribution in [3.63, 3.8) is 0 Å². The van der Waals surface area contributed by atoms with E-state index in [1.165, 1.54) is 25.7 Å². The summed E-state index contributed by atoms with van der Waals surface area (Å²) in [7, 11) is 1.62. The summed E-state index contributed by atoms with van der Waals surface area (Å²) in [6, 6.07) is 10.3. The molecule has 0 bridgehead atoms. The molecule has 2 heterocycles. The highest BCUT2D eigenvalue weighted by molar-refractivity contribution is 7.10. The van der Waals surface area contributed by atoms with E-state index in [1.807, 2.05) is 36.6 Å². The number of piperidine rings is 1. The number of thiophene rings is 1. The molecule has 1 aliphatic carbocycles. The number of hydrogen-bond acceptors (Lipinski definition) is 5. The molecule has 0 unspecified atom stereocenters. The minimum Gasteiger partial charge on any atom is -0.497 e. The summed E-state index contributed by atoms with van der Waals surface area (Å²) in [5, 5.41) is 5.12. The summed E-state index contributed by atoms with van der Waals surface area (Å²) < 4.78 is 11.7. The number of nitrogens with one attached hydrogen (secondary N) is 1. The summed E-state index contributed by atoms with van der Waals surface area (Å²) >= 11 is 1.64. The number of nitrogens with zero attached hydrogens (tertiary/aromatic N) is 1. The molecule has 30 heavy (non-hydrogen) atoms. The maximum Gasteiger partial charge on any atom is 0.255 e. The standard InChI is InChI=1S/C24H32N2O3S/c1-17(23-8-5-15-30-23)25-24(27)21-16-20(28-2)9-10-22(21)29-19-11-13-26(14-12-19)18-6-3-4-7-18/h5,8-10,15-19H,3-4,6-7,11-14H2,1-2H3,(H,25,27)/t17-/m1/s1. The predicted molar refractivity (Wildman–Crippen MR) is 121 cm³/mol.